The molecule has 1 fully saturated rings. The van der Waals surface area contributed by atoms with Crippen LogP contribution >= 0.6 is 11.3 Å². The molecule has 1 aliphatic rings. The van der Waals surface area contributed by atoms with Gasteiger partial charge in [0.1, 0.15) is 15.2 Å². The van der Waals surface area contributed by atoms with Gasteiger partial charge in [0.2, 0.25) is 0 Å². The van der Waals surface area contributed by atoms with Crippen LogP contribution in [0.1, 0.15) is 25.6 Å². The van der Waals surface area contributed by atoms with Gasteiger partial charge in [-0.1, -0.05) is 0 Å². The number of hydrogen-bond acceptors (Lipinski definition) is 5. The van der Waals surface area contributed by atoms with Crippen LogP contribution in [0, 0.1) is 11.3 Å². The Morgan fingerprint density at radius 1 is 1.20 bits per heavy atom. The molecular formula is C13H19N3O2S2. The lowest BCUT2D eigenvalue weighted by Gasteiger charge is -2.41. The molecule has 0 spiro atoms. The first-order valence-corrected chi connectivity index (χ1v) is 8.76. The van der Waals surface area contributed by atoms with Crippen molar-refractivity contribution in [2.75, 3.05) is 26.2 Å². The zero-order valence-electron chi connectivity index (χ0n) is 12.0. The van der Waals surface area contributed by atoms with Gasteiger partial charge < -0.3 is 0 Å². The van der Waals surface area contributed by atoms with E-state index in [2.05, 4.69) is 25.7 Å². The van der Waals surface area contributed by atoms with Crippen LogP contribution in [0.2, 0.25) is 0 Å². The van der Waals surface area contributed by atoms with Crippen molar-refractivity contribution >= 4 is 21.4 Å². The minimum Gasteiger partial charge on any atom is -0.296 e. The molecule has 7 heteroatoms. The summed E-state index contributed by atoms with van der Waals surface area (Å²) >= 11 is 1.04. The van der Waals surface area contributed by atoms with Crippen molar-refractivity contribution in [3.05, 3.63) is 17.0 Å². The van der Waals surface area contributed by atoms with Gasteiger partial charge in [-0.25, -0.2) is 8.42 Å². The molecule has 0 amide bonds. The van der Waals surface area contributed by atoms with Crippen molar-refractivity contribution in [1.29, 1.82) is 5.26 Å². The van der Waals surface area contributed by atoms with Gasteiger partial charge in [-0.2, -0.15) is 9.57 Å². The fourth-order valence-corrected chi connectivity index (χ4v) is 4.93. The van der Waals surface area contributed by atoms with Crippen molar-refractivity contribution < 1.29 is 8.42 Å². The molecule has 110 valence electrons. The second-order valence-electron chi connectivity index (χ2n) is 5.79. The maximum atomic E-state index is 12.5. The Bertz CT molecular complexity index is 615. The number of nitrogens with zero attached hydrogens (tertiary/aromatic N) is 3. The average molecular weight is 313 g/mol. The van der Waals surface area contributed by atoms with E-state index in [1.54, 1.807) is 6.07 Å². The van der Waals surface area contributed by atoms with Crippen LogP contribution in [0.5, 0.6) is 0 Å². The minimum atomic E-state index is -3.45. The summed E-state index contributed by atoms with van der Waals surface area (Å²) in [6, 6.07) is 5.06. The maximum absolute atomic E-state index is 12.5. The van der Waals surface area contributed by atoms with Gasteiger partial charge in [0.05, 0.1) is 0 Å². The summed E-state index contributed by atoms with van der Waals surface area (Å²) in [7, 11) is -3.45. The lowest BCUT2D eigenvalue weighted by atomic mass is 10.1. The summed E-state index contributed by atoms with van der Waals surface area (Å²) in [4.78, 5) is 2.71. The average Bonchev–Trinajstić information content (AvgIpc) is 2.87. The standard InChI is InChI=1S/C13H19N3O2S2/c1-13(2,3)15-6-8-16(9-7-15)20(17,18)12-5-4-11(10-14)19-12/h4-5H,6-9H2,1-3H3. The van der Waals surface area contributed by atoms with E-state index in [0.29, 0.717) is 18.0 Å². The Kier molecular flexibility index (Phi) is 4.21. The molecule has 20 heavy (non-hydrogen) atoms. The number of thiophene rings is 1. The van der Waals surface area contributed by atoms with E-state index >= 15 is 0 Å². The zero-order chi connectivity index (χ0) is 15.0. The topological polar surface area (TPSA) is 64.4 Å². The normalized spacial score (nSPS) is 18.9. The molecule has 1 saturated heterocycles. The first-order valence-electron chi connectivity index (χ1n) is 6.50. The van der Waals surface area contributed by atoms with Crippen molar-refractivity contribution in [1.82, 2.24) is 9.21 Å². The van der Waals surface area contributed by atoms with Crippen molar-refractivity contribution in [2.45, 2.75) is 30.5 Å². The Labute approximate surface area is 124 Å². The largest absolute Gasteiger partial charge is 0.296 e. The molecule has 1 aromatic heterocycles. The molecule has 0 aromatic carbocycles. The van der Waals surface area contributed by atoms with Gasteiger partial charge in [0.25, 0.3) is 10.0 Å². The predicted molar refractivity (Wildman–Crippen MR) is 79.1 cm³/mol. The second kappa shape index (κ2) is 5.45. The maximum Gasteiger partial charge on any atom is 0.252 e. The summed E-state index contributed by atoms with van der Waals surface area (Å²) in [6.07, 6.45) is 0. The second-order valence-corrected chi connectivity index (χ2v) is 9.04. The Balaban J connectivity index is 2.12. The van der Waals surface area contributed by atoms with E-state index in [1.807, 2.05) is 6.07 Å². The zero-order valence-corrected chi connectivity index (χ0v) is 13.6. The van der Waals surface area contributed by atoms with E-state index in [4.69, 9.17) is 5.26 Å². The summed E-state index contributed by atoms with van der Waals surface area (Å²) in [5, 5.41) is 8.80. The molecule has 5 nitrogen and oxygen atoms in total. The predicted octanol–water partition coefficient (Wildman–Crippen LogP) is 1.72. The molecule has 0 radical (unpaired) electrons. The van der Waals surface area contributed by atoms with Crippen LogP contribution in [0.25, 0.3) is 0 Å². The summed E-state index contributed by atoms with van der Waals surface area (Å²) in [5.41, 5.74) is 0.0623. The monoisotopic (exact) mass is 313 g/mol. The Morgan fingerprint density at radius 2 is 1.80 bits per heavy atom. The molecular weight excluding hydrogens is 294 g/mol. The van der Waals surface area contributed by atoms with Crippen LogP contribution in [-0.2, 0) is 10.0 Å². The highest BCUT2D eigenvalue weighted by atomic mass is 32.2. The molecule has 2 heterocycles. The third-order valence-electron chi connectivity index (χ3n) is 3.47. The first-order chi connectivity index (χ1) is 9.25. The molecule has 0 N–H and O–H groups in total. The first kappa shape index (κ1) is 15.4. The van der Waals surface area contributed by atoms with Crippen LogP contribution in [0.4, 0.5) is 0 Å². The molecule has 1 aliphatic heterocycles. The van der Waals surface area contributed by atoms with Gasteiger partial charge >= 0.3 is 0 Å². The summed E-state index contributed by atoms with van der Waals surface area (Å²) in [6.45, 7) is 8.87. The smallest absolute Gasteiger partial charge is 0.252 e. The van der Waals surface area contributed by atoms with Gasteiger partial charge in [-0.15, -0.1) is 11.3 Å². The van der Waals surface area contributed by atoms with Gasteiger partial charge in [-0.05, 0) is 32.9 Å². The van der Waals surface area contributed by atoms with Crippen LogP contribution in [0.15, 0.2) is 16.3 Å². The quantitative estimate of drug-likeness (QED) is 0.834. The van der Waals surface area contributed by atoms with Crippen molar-refractivity contribution in [3.63, 3.8) is 0 Å². The summed E-state index contributed by atoms with van der Waals surface area (Å²) in [5.74, 6) is 0. The molecule has 0 aliphatic carbocycles. The number of piperazine rings is 1. The third-order valence-corrected chi connectivity index (χ3v) is 6.83. The van der Waals surface area contributed by atoms with E-state index in [1.165, 1.54) is 10.4 Å². The van der Waals surface area contributed by atoms with Gasteiger partial charge in [-0.3, -0.25) is 4.90 Å². The van der Waals surface area contributed by atoms with Crippen molar-refractivity contribution in [3.8, 4) is 6.07 Å². The number of sulfonamides is 1. The SMILES string of the molecule is CC(C)(C)N1CCN(S(=O)(=O)c2ccc(C#N)s2)CC1. The van der Waals surface area contributed by atoms with Crippen LogP contribution < -0.4 is 0 Å². The van der Waals surface area contributed by atoms with Crippen LogP contribution in [-0.4, -0.2) is 49.3 Å². The molecule has 0 bridgehead atoms. The highest BCUT2D eigenvalue weighted by Gasteiger charge is 2.32. The lowest BCUT2D eigenvalue weighted by Crippen LogP contribution is -2.54. The fourth-order valence-electron chi connectivity index (χ4n) is 2.25. The van der Waals surface area contributed by atoms with E-state index in [9.17, 15) is 8.42 Å². The number of nitriles is 1. The third kappa shape index (κ3) is 3.04. The number of hydrogen-bond donors (Lipinski definition) is 0. The van der Waals surface area contributed by atoms with Crippen LogP contribution in [0.3, 0.4) is 0 Å². The van der Waals surface area contributed by atoms with Gasteiger partial charge in [0, 0.05) is 31.7 Å². The van der Waals surface area contributed by atoms with Gasteiger partial charge in [0.15, 0.2) is 0 Å². The highest BCUT2D eigenvalue weighted by molar-refractivity contribution is 7.91. The lowest BCUT2D eigenvalue weighted by molar-refractivity contribution is 0.0922. The number of rotatable bonds is 2. The molecule has 1 aromatic rings. The molecule has 0 saturated carbocycles. The van der Waals surface area contributed by atoms with E-state index < -0.39 is 10.0 Å². The molecule has 0 unspecified atom stereocenters. The van der Waals surface area contributed by atoms with E-state index in [0.717, 1.165) is 24.4 Å². The van der Waals surface area contributed by atoms with Crippen molar-refractivity contribution in [2.24, 2.45) is 0 Å². The fraction of sp³-hybridized carbons (Fsp3) is 0.615. The minimum absolute atomic E-state index is 0.0623. The Hall–Kier alpha value is -0.940. The molecule has 0 atom stereocenters. The Morgan fingerprint density at radius 3 is 2.25 bits per heavy atom. The highest BCUT2D eigenvalue weighted by Crippen LogP contribution is 2.26. The summed E-state index contributed by atoms with van der Waals surface area (Å²) < 4.78 is 26.7. The molecule has 2 rings (SSSR count). The van der Waals surface area contributed by atoms with E-state index in [-0.39, 0.29) is 9.75 Å².